The molecule has 0 atom stereocenters. The molecule has 1 aromatic carbocycles. The van der Waals surface area contributed by atoms with Gasteiger partial charge in [0.05, 0.1) is 0 Å². The molecule has 0 aliphatic rings. The molecule has 0 bridgehead atoms. The summed E-state index contributed by atoms with van der Waals surface area (Å²) < 4.78 is 7.45. The van der Waals surface area contributed by atoms with Crippen LogP contribution in [0.3, 0.4) is 0 Å². The summed E-state index contributed by atoms with van der Waals surface area (Å²) in [6, 6.07) is 11.9. The van der Waals surface area contributed by atoms with Crippen molar-refractivity contribution in [1.29, 1.82) is 0 Å². The van der Waals surface area contributed by atoms with Crippen molar-refractivity contribution in [2.45, 2.75) is 37.2 Å². The molecule has 4 rings (SSSR count). The molecule has 0 amide bonds. The predicted molar refractivity (Wildman–Crippen MR) is 109 cm³/mol. The van der Waals surface area contributed by atoms with Gasteiger partial charge in [-0.25, -0.2) is 4.79 Å². The second-order valence-corrected chi connectivity index (χ2v) is 8.17. The van der Waals surface area contributed by atoms with Crippen molar-refractivity contribution in [1.82, 2.24) is 14.8 Å². The smallest absolute Gasteiger partial charge is 0.336 e. The first kappa shape index (κ1) is 18.0. The highest BCUT2D eigenvalue weighted by Crippen LogP contribution is 2.26. The maximum absolute atomic E-state index is 12.0. The second-order valence-electron chi connectivity index (χ2n) is 6.20. The molecular weight excluding hydrogens is 378 g/mol. The van der Waals surface area contributed by atoms with Gasteiger partial charge in [-0.15, -0.1) is 21.5 Å². The number of fused-ring (bicyclic) bond motifs is 1. The van der Waals surface area contributed by atoms with Crippen molar-refractivity contribution in [2.75, 3.05) is 0 Å². The zero-order chi connectivity index (χ0) is 18.6. The summed E-state index contributed by atoms with van der Waals surface area (Å²) in [5, 5.41) is 12.2. The van der Waals surface area contributed by atoms with Gasteiger partial charge in [-0.2, -0.15) is 0 Å². The van der Waals surface area contributed by atoms with Gasteiger partial charge in [-0.05, 0) is 41.5 Å². The molecule has 0 aliphatic heterocycles. The predicted octanol–water partition coefficient (Wildman–Crippen LogP) is 4.54. The molecule has 0 fully saturated rings. The van der Waals surface area contributed by atoms with Crippen LogP contribution in [-0.2, 0) is 25.1 Å². The molecule has 0 unspecified atom stereocenters. The van der Waals surface area contributed by atoms with Crippen LogP contribution in [0.5, 0.6) is 0 Å². The van der Waals surface area contributed by atoms with Crippen molar-refractivity contribution in [3.8, 4) is 0 Å². The normalized spacial score (nSPS) is 11.3. The van der Waals surface area contributed by atoms with Crippen LogP contribution in [0.4, 0.5) is 0 Å². The van der Waals surface area contributed by atoms with E-state index in [-0.39, 0.29) is 5.63 Å². The van der Waals surface area contributed by atoms with Crippen molar-refractivity contribution in [2.24, 2.45) is 0 Å². The number of thiophene rings is 1. The Kier molecular flexibility index (Phi) is 5.40. The molecule has 27 heavy (non-hydrogen) atoms. The molecule has 0 saturated carbocycles. The maximum atomic E-state index is 12.0. The fraction of sp³-hybridized carbons (Fsp3) is 0.250. The molecule has 0 N–H and O–H groups in total. The van der Waals surface area contributed by atoms with Crippen molar-refractivity contribution in [3.63, 3.8) is 0 Å². The lowest BCUT2D eigenvalue weighted by atomic mass is 10.1. The Labute approximate surface area is 165 Å². The lowest BCUT2D eigenvalue weighted by Crippen LogP contribution is -2.03. The Balaban J connectivity index is 1.52. The number of aromatic nitrogens is 3. The summed E-state index contributed by atoms with van der Waals surface area (Å²) in [4.78, 5) is 13.3. The average Bonchev–Trinajstić information content (AvgIpc) is 3.35. The first-order valence-corrected chi connectivity index (χ1v) is 10.7. The summed E-state index contributed by atoms with van der Waals surface area (Å²) in [7, 11) is 0. The number of aryl methyl sites for hydroxylation is 3. The molecule has 3 heterocycles. The van der Waals surface area contributed by atoms with Crippen LogP contribution < -0.4 is 5.63 Å². The SMILES string of the molecule is CCc1ccc2c(CSc3nncn3CCc3cccs3)cc(=O)oc2c1. The van der Waals surface area contributed by atoms with Gasteiger partial charge in [0.2, 0.25) is 0 Å². The lowest BCUT2D eigenvalue weighted by molar-refractivity contribution is 0.559. The van der Waals surface area contributed by atoms with Crippen LogP contribution in [0.15, 0.2) is 62.5 Å². The molecule has 0 aliphatic carbocycles. The van der Waals surface area contributed by atoms with Gasteiger partial charge in [-0.1, -0.05) is 36.9 Å². The summed E-state index contributed by atoms with van der Waals surface area (Å²) in [5.41, 5.74) is 2.45. The third-order valence-electron chi connectivity index (χ3n) is 4.42. The zero-order valence-electron chi connectivity index (χ0n) is 14.9. The van der Waals surface area contributed by atoms with Gasteiger partial charge >= 0.3 is 5.63 Å². The highest BCUT2D eigenvalue weighted by atomic mass is 32.2. The Morgan fingerprint density at radius 3 is 3.00 bits per heavy atom. The Morgan fingerprint density at radius 2 is 2.19 bits per heavy atom. The lowest BCUT2D eigenvalue weighted by Gasteiger charge is -2.08. The molecule has 4 aromatic rings. The van der Waals surface area contributed by atoms with E-state index in [2.05, 4.69) is 45.3 Å². The minimum atomic E-state index is -0.314. The van der Waals surface area contributed by atoms with Crippen LogP contribution in [0.25, 0.3) is 11.0 Å². The van der Waals surface area contributed by atoms with Gasteiger partial charge in [0, 0.05) is 28.6 Å². The number of hydrogen-bond acceptors (Lipinski definition) is 6. The summed E-state index contributed by atoms with van der Waals surface area (Å²) in [5.74, 6) is 0.644. The van der Waals surface area contributed by atoms with Crippen LogP contribution in [0, 0.1) is 0 Å². The Morgan fingerprint density at radius 1 is 1.26 bits per heavy atom. The molecule has 0 spiro atoms. The van der Waals surface area contributed by atoms with E-state index in [0.717, 1.165) is 41.1 Å². The van der Waals surface area contributed by atoms with Crippen LogP contribution in [0.2, 0.25) is 0 Å². The molecule has 138 valence electrons. The molecule has 0 saturated heterocycles. The minimum Gasteiger partial charge on any atom is -0.423 e. The van der Waals surface area contributed by atoms with Gasteiger partial charge < -0.3 is 8.98 Å². The van der Waals surface area contributed by atoms with Crippen molar-refractivity contribution >= 4 is 34.1 Å². The van der Waals surface area contributed by atoms with Crippen LogP contribution in [0.1, 0.15) is 22.9 Å². The van der Waals surface area contributed by atoms with E-state index in [1.165, 1.54) is 4.88 Å². The van der Waals surface area contributed by atoms with Gasteiger partial charge in [0.25, 0.3) is 0 Å². The van der Waals surface area contributed by atoms with Gasteiger partial charge in [0.1, 0.15) is 11.9 Å². The second kappa shape index (κ2) is 8.10. The minimum absolute atomic E-state index is 0.314. The van der Waals surface area contributed by atoms with E-state index < -0.39 is 0 Å². The summed E-state index contributed by atoms with van der Waals surface area (Å²) in [6.45, 7) is 2.93. The zero-order valence-corrected chi connectivity index (χ0v) is 16.6. The Bertz CT molecular complexity index is 1100. The standard InChI is InChI=1S/C20H19N3O2S2/c1-2-14-5-6-17-15(11-19(24)25-18(17)10-14)12-27-20-22-21-13-23(20)8-7-16-4-3-9-26-16/h3-6,9-11,13H,2,7-8,12H2,1H3. The summed E-state index contributed by atoms with van der Waals surface area (Å²) >= 11 is 3.35. The average molecular weight is 398 g/mol. The number of rotatable bonds is 7. The molecular formula is C20H19N3O2S2. The monoisotopic (exact) mass is 397 g/mol. The Hall–Kier alpha value is -2.38. The topological polar surface area (TPSA) is 60.9 Å². The largest absolute Gasteiger partial charge is 0.423 e. The first-order chi connectivity index (χ1) is 13.2. The van der Waals surface area contributed by atoms with Crippen molar-refractivity contribution < 1.29 is 4.42 Å². The van der Waals surface area contributed by atoms with Crippen LogP contribution in [-0.4, -0.2) is 14.8 Å². The van der Waals surface area contributed by atoms with E-state index in [0.29, 0.717) is 11.3 Å². The van der Waals surface area contributed by atoms with Crippen molar-refractivity contribution in [3.05, 3.63) is 74.5 Å². The van der Waals surface area contributed by atoms with Gasteiger partial charge in [-0.3, -0.25) is 0 Å². The summed E-state index contributed by atoms with van der Waals surface area (Å²) in [6.07, 6.45) is 3.63. The van der Waals surface area contributed by atoms with Crippen LogP contribution >= 0.6 is 23.1 Å². The highest BCUT2D eigenvalue weighted by Gasteiger charge is 2.10. The first-order valence-electron chi connectivity index (χ1n) is 8.81. The molecule has 3 aromatic heterocycles. The van der Waals surface area contributed by atoms with E-state index in [9.17, 15) is 4.79 Å². The maximum Gasteiger partial charge on any atom is 0.336 e. The molecule has 0 radical (unpaired) electrons. The highest BCUT2D eigenvalue weighted by molar-refractivity contribution is 7.98. The number of nitrogens with zero attached hydrogens (tertiary/aromatic N) is 3. The fourth-order valence-electron chi connectivity index (χ4n) is 2.95. The number of benzene rings is 1. The van der Waals surface area contributed by atoms with E-state index in [1.807, 2.05) is 12.1 Å². The van der Waals surface area contributed by atoms with E-state index >= 15 is 0 Å². The van der Waals surface area contributed by atoms with E-state index in [4.69, 9.17) is 4.42 Å². The fourth-order valence-corrected chi connectivity index (χ4v) is 4.58. The number of thioether (sulfide) groups is 1. The quantitative estimate of drug-likeness (QED) is 0.338. The van der Waals surface area contributed by atoms with E-state index in [1.54, 1.807) is 35.5 Å². The molecule has 5 nitrogen and oxygen atoms in total. The third-order valence-corrected chi connectivity index (χ3v) is 6.38. The molecule has 7 heteroatoms. The number of hydrogen-bond donors (Lipinski definition) is 0. The third kappa shape index (κ3) is 4.14. The van der Waals surface area contributed by atoms with Gasteiger partial charge in [0.15, 0.2) is 5.16 Å².